The first-order valence-electron chi connectivity index (χ1n) is 6.11. The third-order valence-electron chi connectivity index (χ3n) is 2.80. The zero-order valence-electron chi connectivity index (χ0n) is 11.5. The van der Waals surface area contributed by atoms with Crippen LogP contribution in [0.4, 0.5) is 0 Å². The van der Waals surface area contributed by atoms with Crippen molar-refractivity contribution < 1.29 is 23.5 Å². The number of methoxy groups -OCH3 is 1. The van der Waals surface area contributed by atoms with Gasteiger partial charge in [-0.15, -0.1) is 0 Å². The first kappa shape index (κ1) is 15.1. The van der Waals surface area contributed by atoms with Crippen molar-refractivity contribution in [2.24, 2.45) is 0 Å². The highest BCUT2D eigenvalue weighted by Gasteiger charge is 2.16. The van der Waals surface area contributed by atoms with Gasteiger partial charge in [-0.25, -0.2) is 9.59 Å². The van der Waals surface area contributed by atoms with Gasteiger partial charge in [0.05, 0.1) is 12.7 Å². The highest BCUT2D eigenvalue weighted by Crippen LogP contribution is 2.17. The Labute approximate surface area is 126 Å². The molecule has 0 unspecified atom stereocenters. The molecule has 0 saturated carbocycles. The fourth-order valence-corrected chi connectivity index (χ4v) is 1.86. The largest absolute Gasteiger partial charge is 0.465 e. The quantitative estimate of drug-likeness (QED) is 0.810. The van der Waals surface area contributed by atoms with E-state index in [0.717, 1.165) is 0 Å². The van der Waals surface area contributed by atoms with E-state index in [1.54, 1.807) is 31.2 Å². The van der Waals surface area contributed by atoms with Crippen molar-refractivity contribution in [3.05, 3.63) is 58.0 Å². The molecule has 1 heterocycles. The minimum Gasteiger partial charge on any atom is -0.465 e. The number of carbonyl (C=O) groups is 2. The van der Waals surface area contributed by atoms with Crippen molar-refractivity contribution in [3.8, 4) is 0 Å². The summed E-state index contributed by atoms with van der Waals surface area (Å²) < 4.78 is 15.1. The van der Waals surface area contributed by atoms with Crippen LogP contribution in [0, 0.1) is 6.92 Å². The zero-order valence-corrected chi connectivity index (χ0v) is 12.3. The molecule has 0 aliphatic carbocycles. The van der Waals surface area contributed by atoms with Gasteiger partial charge in [-0.05, 0) is 37.3 Å². The molecule has 21 heavy (non-hydrogen) atoms. The van der Waals surface area contributed by atoms with E-state index in [-0.39, 0.29) is 6.61 Å². The van der Waals surface area contributed by atoms with Crippen LogP contribution in [0.3, 0.4) is 0 Å². The Kier molecular flexibility index (Phi) is 4.65. The molecular weight excluding hydrogens is 296 g/mol. The van der Waals surface area contributed by atoms with Gasteiger partial charge in [0.15, 0.2) is 0 Å². The van der Waals surface area contributed by atoms with Crippen LogP contribution in [0.15, 0.2) is 34.7 Å². The van der Waals surface area contributed by atoms with Crippen LogP contribution >= 0.6 is 11.6 Å². The molecule has 0 N–H and O–H groups in total. The molecule has 0 spiro atoms. The number of benzene rings is 1. The predicted molar refractivity (Wildman–Crippen MR) is 75.4 cm³/mol. The third-order valence-corrected chi connectivity index (χ3v) is 3.05. The van der Waals surface area contributed by atoms with E-state index in [4.69, 9.17) is 20.8 Å². The van der Waals surface area contributed by atoms with Crippen molar-refractivity contribution in [2.45, 2.75) is 13.5 Å². The molecule has 0 amide bonds. The minimum absolute atomic E-state index is 0.0701. The molecule has 0 radical (unpaired) electrons. The molecule has 0 aliphatic rings. The van der Waals surface area contributed by atoms with Gasteiger partial charge in [0.1, 0.15) is 23.7 Å². The Morgan fingerprint density at radius 1 is 1.19 bits per heavy atom. The molecule has 1 aromatic carbocycles. The van der Waals surface area contributed by atoms with E-state index in [0.29, 0.717) is 27.7 Å². The van der Waals surface area contributed by atoms with Gasteiger partial charge < -0.3 is 13.9 Å². The van der Waals surface area contributed by atoms with Crippen LogP contribution in [-0.2, 0) is 16.1 Å². The van der Waals surface area contributed by atoms with Crippen LogP contribution < -0.4 is 0 Å². The molecule has 6 heteroatoms. The smallest absolute Gasteiger partial charge is 0.341 e. The maximum absolute atomic E-state index is 11.8. The third kappa shape index (κ3) is 3.64. The van der Waals surface area contributed by atoms with Gasteiger partial charge in [0.2, 0.25) is 0 Å². The number of esters is 2. The Morgan fingerprint density at radius 2 is 1.86 bits per heavy atom. The standard InChI is InChI=1S/C15H13ClO5/c1-9-13(15(18)19-2)7-12(21-9)8-20-14(17)10-3-5-11(16)6-4-10/h3-7H,8H2,1-2H3. The average Bonchev–Trinajstić information content (AvgIpc) is 2.86. The number of aryl methyl sites for hydroxylation is 1. The average molecular weight is 309 g/mol. The number of ether oxygens (including phenoxy) is 2. The van der Waals surface area contributed by atoms with Crippen LogP contribution in [0.5, 0.6) is 0 Å². The highest BCUT2D eigenvalue weighted by atomic mass is 35.5. The lowest BCUT2D eigenvalue weighted by Crippen LogP contribution is -2.04. The van der Waals surface area contributed by atoms with Crippen molar-refractivity contribution in [1.82, 2.24) is 0 Å². The predicted octanol–water partition coefficient (Wildman–Crippen LogP) is 3.39. The van der Waals surface area contributed by atoms with Crippen LogP contribution in [-0.4, -0.2) is 19.0 Å². The molecule has 0 aliphatic heterocycles. The fourth-order valence-electron chi connectivity index (χ4n) is 1.73. The summed E-state index contributed by atoms with van der Waals surface area (Å²) in [4.78, 5) is 23.2. The molecule has 110 valence electrons. The number of hydrogen-bond donors (Lipinski definition) is 0. The van der Waals surface area contributed by atoms with Gasteiger partial charge in [0.25, 0.3) is 0 Å². The minimum atomic E-state index is -0.500. The molecule has 1 aromatic heterocycles. The lowest BCUT2D eigenvalue weighted by atomic mass is 10.2. The normalized spacial score (nSPS) is 10.2. The molecule has 0 saturated heterocycles. The highest BCUT2D eigenvalue weighted by molar-refractivity contribution is 6.30. The summed E-state index contributed by atoms with van der Waals surface area (Å²) in [6, 6.07) is 7.83. The molecular formula is C15H13ClO5. The second-order valence-corrected chi connectivity index (χ2v) is 4.69. The van der Waals surface area contributed by atoms with Gasteiger partial charge in [0, 0.05) is 5.02 Å². The lowest BCUT2D eigenvalue weighted by molar-refractivity contribution is 0.0444. The zero-order chi connectivity index (χ0) is 15.4. The van der Waals surface area contributed by atoms with Crippen molar-refractivity contribution in [3.63, 3.8) is 0 Å². The second kappa shape index (κ2) is 6.45. The van der Waals surface area contributed by atoms with E-state index < -0.39 is 11.9 Å². The first-order chi connectivity index (χ1) is 10.0. The Bertz CT molecular complexity index is 657. The molecule has 5 nitrogen and oxygen atoms in total. The number of carbonyl (C=O) groups excluding carboxylic acids is 2. The summed E-state index contributed by atoms with van der Waals surface area (Å²) in [5, 5.41) is 0.538. The molecule has 0 fully saturated rings. The first-order valence-corrected chi connectivity index (χ1v) is 6.49. The second-order valence-electron chi connectivity index (χ2n) is 4.26. The number of furan rings is 1. The van der Waals surface area contributed by atoms with E-state index in [1.165, 1.54) is 13.2 Å². The number of halogens is 1. The van der Waals surface area contributed by atoms with Crippen molar-refractivity contribution in [2.75, 3.05) is 7.11 Å². The Hall–Kier alpha value is -2.27. The van der Waals surface area contributed by atoms with Gasteiger partial charge in [-0.2, -0.15) is 0 Å². The summed E-state index contributed by atoms with van der Waals surface area (Å²) in [6.45, 7) is 1.57. The summed E-state index contributed by atoms with van der Waals surface area (Å²) in [6.07, 6.45) is 0. The van der Waals surface area contributed by atoms with Gasteiger partial charge in [-0.3, -0.25) is 0 Å². The number of rotatable bonds is 4. The van der Waals surface area contributed by atoms with Crippen LogP contribution in [0.1, 0.15) is 32.2 Å². The molecule has 0 bridgehead atoms. The maximum Gasteiger partial charge on any atom is 0.341 e. The summed E-state index contributed by atoms with van der Waals surface area (Å²) in [7, 11) is 1.29. The molecule has 2 rings (SSSR count). The fraction of sp³-hybridized carbons (Fsp3) is 0.200. The number of hydrogen-bond acceptors (Lipinski definition) is 5. The molecule has 0 atom stereocenters. The van der Waals surface area contributed by atoms with Gasteiger partial charge in [-0.1, -0.05) is 11.6 Å². The summed E-state index contributed by atoms with van der Waals surface area (Å²) >= 11 is 5.74. The van der Waals surface area contributed by atoms with E-state index in [9.17, 15) is 9.59 Å². The molecule has 2 aromatic rings. The van der Waals surface area contributed by atoms with Crippen molar-refractivity contribution in [1.29, 1.82) is 0 Å². The van der Waals surface area contributed by atoms with E-state index in [1.807, 2.05) is 0 Å². The Morgan fingerprint density at radius 3 is 2.48 bits per heavy atom. The Balaban J connectivity index is 2.01. The monoisotopic (exact) mass is 308 g/mol. The summed E-state index contributed by atoms with van der Waals surface area (Å²) in [5.74, 6) is -0.207. The van der Waals surface area contributed by atoms with Crippen molar-refractivity contribution >= 4 is 23.5 Å². The van der Waals surface area contributed by atoms with Crippen LogP contribution in [0.25, 0.3) is 0 Å². The van der Waals surface area contributed by atoms with Gasteiger partial charge >= 0.3 is 11.9 Å². The SMILES string of the molecule is COC(=O)c1cc(COC(=O)c2ccc(Cl)cc2)oc1C. The van der Waals surface area contributed by atoms with E-state index >= 15 is 0 Å². The topological polar surface area (TPSA) is 65.7 Å². The lowest BCUT2D eigenvalue weighted by Gasteiger charge is -2.02. The van der Waals surface area contributed by atoms with Crippen LogP contribution in [0.2, 0.25) is 5.02 Å². The summed E-state index contributed by atoms with van der Waals surface area (Å²) in [5.41, 5.74) is 0.700. The van der Waals surface area contributed by atoms with E-state index in [2.05, 4.69) is 4.74 Å². The maximum atomic E-state index is 11.8.